The molecule has 1 atom stereocenters. The first-order valence-electron chi connectivity index (χ1n) is 9.05. The lowest BCUT2D eigenvalue weighted by Gasteiger charge is -2.23. The molecule has 0 radical (unpaired) electrons. The first-order chi connectivity index (χ1) is 11.6. The van der Waals surface area contributed by atoms with Gasteiger partial charge in [-0.3, -0.25) is 10.1 Å². The molecule has 2 rings (SSSR count). The van der Waals surface area contributed by atoms with Gasteiger partial charge in [0.05, 0.1) is 0 Å². The number of quaternary nitrogens is 1. The van der Waals surface area contributed by atoms with E-state index in [4.69, 9.17) is 0 Å². The molecule has 1 aromatic carbocycles. The van der Waals surface area contributed by atoms with E-state index in [2.05, 4.69) is 36.6 Å². The number of rotatable bonds is 6. The maximum absolute atomic E-state index is 12.1. The molecule has 0 spiro atoms. The molecule has 1 saturated carbocycles. The fraction of sp³-hybridized carbons (Fsp3) is 0.579. The van der Waals surface area contributed by atoms with Crippen molar-refractivity contribution >= 4 is 11.9 Å². The van der Waals surface area contributed by atoms with Gasteiger partial charge in [0.2, 0.25) is 0 Å². The number of imide groups is 1. The Morgan fingerprint density at radius 3 is 2.42 bits per heavy atom. The summed E-state index contributed by atoms with van der Waals surface area (Å²) in [5.74, 6) is 0.154. The van der Waals surface area contributed by atoms with Gasteiger partial charge in [-0.25, -0.2) is 4.79 Å². The average Bonchev–Trinajstić information content (AvgIpc) is 2.56. The van der Waals surface area contributed by atoms with Crippen molar-refractivity contribution in [1.29, 1.82) is 0 Å². The number of hydrogen-bond donors (Lipinski definition) is 3. The minimum Gasteiger partial charge on any atom is -0.335 e. The van der Waals surface area contributed by atoms with Gasteiger partial charge < -0.3 is 10.6 Å². The number of nitrogens with one attached hydrogen (secondary N) is 2. The summed E-state index contributed by atoms with van der Waals surface area (Å²) in [7, 11) is 0. The number of hydrogen-bond acceptors (Lipinski definition) is 2. The van der Waals surface area contributed by atoms with Crippen LogP contribution in [0.3, 0.4) is 0 Å². The van der Waals surface area contributed by atoms with Crippen molar-refractivity contribution < 1.29 is 14.9 Å². The molecule has 0 heterocycles. The van der Waals surface area contributed by atoms with Crippen LogP contribution in [0.5, 0.6) is 0 Å². The van der Waals surface area contributed by atoms with Crippen LogP contribution >= 0.6 is 0 Å². The molecule has 1 aromatic rings. The van der Waals surface area contributed by atoms with Gasteiger partial charge in [0.15, 0.2) is 6.54 Å². The van der Waals surface area contributed by atoms with Crippen LogP contribution in [-0.4, -0.2) is 24.5 Å². The zero-order valence-corrected chi connectivity index (χ0v) is 14.8. The van der Waals surface area contributed by atoms with Crippen molar-refractivity contribution in [2.24, 2.45) is 5.92 Å². The number of urea groups is 1. The van der Waals surface area contributed by atoms with Gasteiger partial charge >= 0.3 is 6.03 Å². The molecule has 0 aliphatic heterocycles. The van der Waals surface area contributed by atoms with Crippen molar-refractivity contribution in [3.8, 4) is 0 Å². The third-order valence-electron chi connectivity index (χ3n) is 4.65. The topological polar surface area (TPSA) is 74.8 Å². The molecule has 24 heavy (non-hydrogen) atoms. The summed E-state index contributed by atoms with van der Waals surface area (Å²) >= 11 is 0. The van der Waals surface area contributed by atoms with Crippen molar-refractivity contribution in [2.75, 3.05) is 6.54 Å². The Morgan fingerprint density at radius 2 is 1.79 bits per heavy atom. The van der Waals surface area contributed by atoms with Gasteiger partial charge in [0.25, 0.3) is 5.91 Å². The Bertz CT molecular complexity index is 525. The summed E-state index contributed by atoms with van der Waals surface area (Å²) in [5.41, 5.74) is 1.20. The van der Waals surface area contributed by atoms with Gasteiger partial charge in [0, 0.05) is 17.5 Å². The van der Waals surface area contributed by atoms with Gasteiger partial charge in [-0.05, 0) is 12.8 Å². The molecule has 0 bridgehead atoms. The first kappa shape index (κ1) is 18.5. The predicted molar refractivity (Wildman–Crippen MR) is 94.4 cm³/mol. The monoisotopic (exact) mass is 332 g/mol. The Hall–Kier alpha value is -1.88. The van der Waals surface area contributed by atoms with Crippen molar-refractivity contribution in [3.05, 3.63) is 35.9 Å². The van der Waals surface area contributed by atoms with Crippen LogP contribution in [0.15, 0.2) is 30.3 Å². The molecule has 1 aliphatic rings. The van der Waals surface area contributed by atoms with Gasteiger partial charge in [-0.1, -0.05) is 63.4 Å². The molecular formula is C19H30N3O2+. The fourth-order valence-electron chi connectivity index (χ4n) is 3.35. The minimum atomic E-state index is -0.360. The van der Waals surface area contributed by atoms with E-state index in [0.29, 0.717) is 5.92 Å². The summed E-state index contributed by atoms with van der Waals surface area (Å²) in [6, 6.07) is 10.2. The van der Waals surface area contributed by atoms with E-state index in [1.54, 1.807) is 0 Å². The van der Waals surface area contributed by atoms with Crippen LogP contribution in [0.2, 0.25) is 0 Å². The molecule has 1 aliphatic carbocycles. The fourth-order valence-corrected chi connectivity index (χ4v) is 3.35. The summed E-state index contributed by atoms with van der Waals surface area (Å²) in [4.78, 5) is 24.0. The van der Waals surface area contributed by atoms with E-state index in [1.807, 2.05) is 23.5 Å². The Morgan fingerprint density at radius 1 is 1.12 bits per heavy atom. The molecule has 0 unspecified atom stereocenters. The van der Waals surface area contributed by atoms with Crippen LogP contribution in [0.25, 0.3) is 0 Å². The molecule has 1 fully saturated rings. The Kier molecular flexibility index (Phi) is 7.25. The molecule has 5 nitrogen and oxygen atoms in total. The SMILES string of the molecule is CC(C)[C@H]([NH2+]CC(=O)NC(=O)NC1CCCCC1)c1ccccc1. The minimum absolute atomic E-state index is 0.207. The summed E-state index contributed by atoms with van der Waals surface area (Å²) in [5, 5.41) is 7.36. The number of nitrogens with two attached hydrogens (primary N) is 1. The van der Waals surface area contributed by atoms with Crippen molar-refractivity contribution in [3.63, 3.8) is 0 Å². The van der Waals surface area contributed by atoms with Gasteiger partial charge in [-0.15, -0.1) is 0 Å². The van der Waals surface area contributed by atoms with E-state index >= 15 is 0 Å². The number of carbonyl (C=O) groups is 2. The van der Waals surface area contributed by atoms with Crippen LogP contribution in [0.1, 0.15) is 57.6 Å². The maximum Gasteiger partial charge on any atom is 0.321 e. The van der Waals surface area contributed by atoms with Gasteiger partial charge in [0.1, 0.15) is 6.04 Å². The highest BCUT2D eigenvalue weighted by atomic mass is 16.2. The largest absolute Gasteiger partial charge is 0.335 e. The van der Waals surface area contributed by atoms with E-state index in [0.717, 1.165) is 25.7 Å². The molecule has 0 aromatic heterocycles. The third-order valence-corrected chi connectivity index (χ3v) is 4.65. The standard InChI is InChI=1S/C19H29N3O2/c1-14(2)18(15-9-5-3-6-10-15)20-13-17(23)22-19(24)21-16-11-7-4-8-12-16/h3,5-6,9-10,14,16,18,20H,4,7-8,11-13H2,1-2H3,(H2,21,22,23,24)/p+1/t18-/m0/s1. The van der Waals surface area contributed by atoms with E-state index in [1.165, 1.54) is 12.0 Å². The molecule has 4 N–H and O–H groups in total. The van der Waals surface area contributed by atoms with Gasteiger partial charge in [-0.2, -0.15) is 0 Å². The van der Waals surface area contributed by atoms with E-state index < -0.39 is 0 Å². The molecule has 3 amide bonds. The summed E-state index contributed by atoms with van der Waals surface area (Å²) < 4.78 is 0. The van der Waals surface area contributed by atoms with Crippen LogP contribution in [0.4, 0.5) is 4.79 Å². The van der Waals surface area contributed by atoms with Crippen molar-refractivity contribution in [1.82, 2.24) is 10.6 Å². The second kappa shape index (κ2) is 9.42. The maximum atomic E-state index is 12.1. The highest BCUT2D eigenvalue weighted by Gasteiger charge is 2.21. The van der Waals surface area contributed by atoms with E-state index in [9.17, 15) is 9.59 Å². The van der Waals surface area contributed by atoms with Crippen LogP contribution < -0.4 is 16.0 Å². The zero-order valence-electron chi connectivity index (χ0n) is 14.8. The lowest BCUT2D eigenvalue weighted by molar-refractivity contribution is -0.692. The molecule has 5 heteroatoms. The Labute approximate surface area is 144 Å². The smallest absolute Gasteiger partial charge is 0.321 e. The summed E-state index contributed by atoms with van der Waals surface area (Å²) in [6.07, 6.45) is 5.57. The summed E-state index contributed by atoms with van der Waals surface area (Å²) in [6.45, 7) is 4.53. The van der Waals surface area contributed by atoms with Crippen molar-refractivity contribution in [2.45, 2.75) is 58.0 Å². The third kappa shape index (κ3) is 5.96. The van der Waals surface area contributed by atoms with Crippen LogP contribution in [-0.2, 0) is 4.79 Å². The normalized spacial score (nSPS) is 16.6. The number of benzene rings is 1. The second-order valence-corrected chi connectivity index (χ2v) is 6.98. The Balaban J connectivity index is 1.77. The number of carbonyl (C=O) groups excluding carboxylic acids is 2. The molecule has 0 saturated heterocycles. The average molecular weight is 332 g/mol. The van der Waals surface area contributed by atoms with Crippen LogP contribution in [0, 0.1) is 5.92 Å². The van der Waals surface area contributed by atoms with E-state index in [-0.39, 0.29) is 30.6 Å². The lowest BCUT2D eigenvalue weighted by atomic mass is 9.96. The number of amides is 3. The second-order valence-electron chi connectivity index (χ2n) is 6.98. The highest BCUT2D eigenvalue weighted by Crippen LogP contribution is 2.17. The quantitative estimate of drug-likeness (QED) is 0.746. The highest BCUT2D eigenvalue weighted by molar-refractivity contribution is 5.94. The predicted octanol–water partition coefficient (Wildman–Crippen LogP) is 2.11. The zero-order chi connectivity index (χ0) is 17.4. The lowest BCUT2D eigenvalue weighted by Crippen LogP contribution is -2.88. The molecular weight excluding hydrogens is 302 g/mol. The first-order valence-corrected chi connectivity index (χ1v) is 9.05. The molecule has 132 valence electrons.